The molecule has 3 rings (SSSR count). The monoisotopic (exact) mass is 402 g/mol. The fourth-order valence-electron chi connectivity index (χ4n) is 2.93. The van der Waals surface area contributed by atoms with Gasteiger partial charge in [0.15, 0.2) is 4.34 Å². The number of aromatic nitrogens is 2. The number of amides is 1. The average Bonchev–Trinajstić information content (AvgIpc) is 3.11. The maximum Gasteiger partial charge on any atom is 0.230 e. The van der Waals surface area contributed by atoms with Crippen LogP contribution in [0.4, 0.5) is 10.8 Å². The molecule has 0 atom stereocenters. The van der Waals surface area contributed by atoms with E-state index < -0.39 is 0 Å². The summed E-state index contributed by atoms with van der Waals surface area (Å²) in [5, 5.41) is 15.3. The van der Waals surface area contributed by atoms with Gasteiger partial charge in [-0.05, 0) is 69.2 Å². The van der Waals surface area contributed by atoms with E-state index in [-0.39, 0.29) is 5.91 Å². The van der Waals surface area contributed by atoms with Gasteiger partial charge < -0.3 is 10.6 Å². The summed E-state index contributed by atoms with van der Waals surface area (Å²) < 4.78 is 0.798. The van der Waals surface area contributed by atoms with Crippen molar-refractivity contribution in [1.82, 2.24) is 15.5 Å². The Morgan fingerprint density at radius 1 is 1.22 bits per heavy atom. The van der Waals surface area contributed by atoms with Crippen LogP contribution in [0.2, 0.25) is 0 Å². The van der Waals surface area contributed by atoms with E-state index in [0.717, 1.165) is 28.1 Å². The van der Waals surface area contributed by atoms with Crippen LogP contribution in [0.25, 0.3) is 0 Å². The summed E-state index contributed by atoms with van der Waals surface area (Å²) >= 11 is 2.90. The Bertz CT molecular complexity index is 816. The first-order chi connectivity index (χ1) is 13.1. The molecule has 2 aromatic rings. The summed E-state index contributed by atoms with van der Waals surface area (Å²) in [6.45, 7) is 4.90. The number of carbonyl (C=O) groups is 1. The molecule has 27 heavy (non-hydrogen) atoms. The molecular weight excluding hydrogens is 376 g/mol. The van der Waals surface area contributed by atoms with Crippen LogP contribution in [0.3, 0.4) is 0 Å². The van der Waals surface area contributed by atoms with Gasteiger partial charge >= 0.3 is 0 Å². The van der Waals surface area contributed by atoms with E-state index in [1.54, 1.807) is 0 Å². The minimum atomic E-state index is 0.0512. The van der Waals surface area contributed by atoms with Gasteiger partial charge in [-0.3, -0.25) is 4.79 Å². The van der Waals surface area contributed by atoms with Gasteiger partial charge in [-0.1, -0.05) is 40.8 Å². The lowest BCUT2D eigenvalue weighted by Crippen LogP contribution is -2.26. The van der Waals surface area contributed by atoms with Crippen molar-refractivity contribution in [2.24, 2.45) is 0 Å². The molecule has 7 heteroatoms. The van der Waals surface area contributed by atoms with Gasteiger partial charge in [0, 0.05) is 12.2 Å². The van der Waals surface area contributed by atoms with E-state index in [1.807, 2.05) is 6.07 Å². The maximum absolute atomic E-state index is 12.0. The van der Waals surface area contributed by atoms with Crippen molar-refractivity contribution in [2.75, 3.05) is 17.6 Å². The molecule has 0 saturated carbocycles. The third kappa shape index (κ3) is 6.36. The Balaban J connectivity index is 1.40. The fraction of sp³-hybridized carbons (Fsp3) is 0.450. The maximum atomic E-state index is 12.0. The lowest BCUT2D eigenvalue weighted by molar-refractivity contribution is -0.118. The Labute approximate surface area is 169 Å². The molecule has 0 unspecified atom stereocenters. The van der Waals surface area contributed by atoms with Gasteiger partial charge in [0.2, 0.25) is 11.0 Å². The molecule has 0 aliphatic heterocycles. The smallest absolute Gasteiger partial charge is 0.230 e. The standard InChI is InChI=1S/C20H26N4OS2/c1-14-8-9-17(12-15(14)2)22-19-23-24-20(27-19)26-13-18(25)21-11-10-16-6-4-3-5-7-16/h6,8-9,12H,3-5,7,10-11,13H2,1-2H3,(H,21,25)(H,22,23). The number of thioether (sulfide) groups is 1. The molecule has 5 nitrogen and oxygen atoms in total. The highest BCUT2D eigenvalue weighted by Gasteiger charge is 2.09. The molecule has 1 heterocycles. The lowest BCUT2D eigenvalue weighted by atomic mass is 9.97. The van der Waals surface area contributed by atoms with Crippen molar-refractivity contribution in [3.63, 3.8) is 0 Å². The number of rotatable bonds is 8. The summed E-state index contributed by atoms with van der Waals surface area (Å²) in [6, 6.07) is 6.21. The highest BCUT2D eigenvalue weighted by Crippen LogP contribution is 2.28. The quantitative estimate of drug-likeness (QED) is 0.480. The molecule has 2 N–H and O–H groups in total. The van der Waals surface area contributed by atoms with Gasteiger partial charge in [-0.25, -0.2) is 0 Å². The van der Waals surface area contributed by atoms with Crippen molar-refractivity contribution in [1.29, 1.82) is 0 Å². The summed E-state index contributed by atoms with van der Waals surface area (Å²) in [4.78, 5) is 12.0. The second-order valence-electron chi connectivity index (χ2n) is 6.79. The lowest BCUT2D eigenvalue weighted by Gasteiger charge is -2.12. The van der Waals surface area contributed by atoms with Crippen LogP contribution in [0.5, 0.6) is 0 Å². The number of aryl methyl sites for hydroxylation is 2. The number of benzene rings is 1. The Morgan fingerprint density at radius 2 is 2.11 bits per heavy atom. The number of hydrogen-bond donors (Lipinski definition) is 2. The zero-order valence-corrected chi connectivity index (χ0v) is 17.5. The van der Waals surface area contributed by atoms with E-state index in [1.165, 1.54) is 65.5 Å². The molecule has 1 aromatic heterocycles. The fourth-order valence-corrected chi connectivity index (χ4v) is 4.54. The van der Waals surface area contributed by atoms with Crippen LogP contribution in [0, 0.1) is 13.8 Å². The van der Waals surface area contributed by atoms with Crippen molar-refractivity contribution < 1.29 is 4.79 Å². The molecule has 1 amide bonds. The molecule has 144 valence electrons. The van der Waals surface area contributed by atoms with Crippen molar-refractivity contribution in [3.8, 4) is 0 Å². The van der Waals surface area contributed by atoms with Crippen LogP contribution in [-0.4, -0.2) is 28.4 Å². The second kappa shape index (κ2) is 9.90. The van der Waals surface area contributed by atoms with E-state index >= 15 is 0 Å². The van der Waals surface area contributed by atoms with Gasteiger partial charge in [-0.2, -0.15) is 0 Å². The Hall–Kier alpha value is -1.86. The molecule has 0 spiro atoms. The van der Waals surface area contributed by atoms with Crippen LogP contribution in [0.1, 0.15) is 43.2 Å². The van der Waals surface area contributed by atoms with Crippen LogP contribution >= 0.6 is 23.1 Å². The topological polar surface area (TPSA) is 66.9 Å². The predicted molar refractivity (Wildman–Crippen MR) is 114 cm³/mol. The highest BCUT2D eigenvalue weighted by atomic mass is 32.2. The van der Waals surface area contributed by atoms with E-state index in [9.17, 15) is 4.79 Å². The van der Waals surface area contributed by atoms with Gasteiger partial charge in [0.1, 0.15) is 0 Å². The zero-order valence-electron chi connectivity index (χ0n) is 15.9. The summed E-state index contributed by atoms with van der Waals surface area (Å²) in [5.41, 5.74) is 4.99. The molecule has 0 radical (unpaired) electrons. The SMILES string of the molecule is Cc1ccc(Nc2nnc(SCC(=O)NCCC3=CCCCC3)s2)cc1C. The predicted octanol–water partition coefficient (Wildman–Crippen LogP) is 5.00. The molecule has 0 fully saturated rings. The summed E-state index contributed by atoms with van der Waals surface area (Å²) in [5.74, 6) is 0.424. The minimum Gasteiger partial charge on any atom is -0.355 e. The van der Waals surface area contributed by atoms with Crippen molar-refractivity contribution in [3.05, 3.63) is 41.0 Å². The summed E-state index contributed by atoms with van der Waals surface area (Å²) in [6.07, 6.45) is 8.26. The van der Waals surface area contributed by atoms with Gasteiger partial charge in [0.05, 0.1) is 5.75 Å². The molecule has 0 saturated heterocycles. The number of nitrogens with one attached hydrogen (secondary N) is 2. The first kappa shape index (κ1) is 19.9. The first-order valence-electron chi connectivity index (χ1n) is 9.35. The van der Waals surface area contributed by atoms with Crippen LogP contribution in [0.15, 0.2) is 34.2 Å². The largest absolute Gasteiger partial charge is 0.355 e. The van der Waals surface area contributed by atoms with Gasteiger partial charge in [0.25, 0.3) is 0 Å². The third-order valence-corrected chi connectivity index (χ3v) is 6.62. The van der Waals surface area contributed by atoms with Gasteiger partial charge in [-0.15, -0.1) is 10.2 Å². The molecule has 1 aliphatic rings. The number of anilines is 2. The van der Waals surface area contributed by atoms with Crippen LogP contribution in [-0.2, 0) is 4.79 Å². The average molecular weight is 403 g/mol. The number of carbonyl (C=O) groups excluding carboxylic acids is 1. The molecule has 1 aliphatic carbocycles. The number of nitrogens with zero attached hydrogens (tertiary/aromatic N) is 2. The Kier molecular flexibility index (Phi) is 7.29. The number of allylic oxidation sites excluding steroid dienone is 1. The molecule has 0 bridgehead atoms. The van der Waals surface area contributed by atoms with Crippen LogP contribution < -0.4 is 10.6 Å². The first-order valence-corrected chi connectivity index (χ1v) is 11.2. The van der Waals surface area contributed by atoms with E-state index in [2.05, 4.69) is 52.9 Å². The number of hydrogen-bond acceptors (Lipinski definition) is 6. The van der Waals surface area contributed by atoms with Crippen molar-refractivity contribution >= 4 is 39.8 Å². The minimum absolute atomic E-state index is 0.0512. The highest BCUT2D eigenvalue weighted by molar-refractivity contribution is 8.01. The second-order valence-corrected chi connectivity index (χ2v) is 8.99. The molecular formula is C20H26N4OS2. The zero-order chi connectivity index (χ0) is 19.1. The summed E-state index contributed by atoms with van der Waals surface area (Å²) in [7, 11) is 0. The normalized spacial score (nSPS) is 13.9. The Morgan fingerprint density at radius 3 is 2.89 bits per heavy atom. The van der Waals surface area contributed by atoms with Crippen molar-refractivity contribution in [2.45, 2.75) is 50.3 Å². The van der Waals surface area contributed by atoms with E-state index in [4.69, 9.17) is 0 Å². The third-order valence-electron chi connectivity index (χ3n) is 4.64. The molecule has 1 aromatic carbocycles. The van der Waals surface area contributed by atoms with E-state index in [0.29, 0.717) is 5.75 Å².